The Morgan fingerprint density at radius 2 is 2.06 bits per heavy atom. The second-order valence-corrected chi connectivity index (χ2v) is 4.79. The molecule has 0 radical (unpaired) electrons. The molecule has 18 heavy (non-hydrogen) atoms. The summed E-state index contributed by atoms with van der Waals surface area (Å²) < 4.78 is 5.47. The summed E-state index contributed by atoms with van der Waals surface area (Å²) in [5, 5.41) is 0. The number of ketones is 1. The molecule has 1 aliphatic rings. The van der Waals surface area contributed by atoms with Crippen molar-refractivity contribution < 1.29 is 9.53 Å². The Balaban J connectivity index is 2.04. The van der Waals surface area contributed by atoms with Gasteiger partial charge in [-0.1, -0.05) is 48.9 Å². The number of benzene rings is 1. The van der Waals surface area contributed by atoms with Crippen molar-refractivity contribution >= 4 is 11.9 Å². The lowest BCUT2D eigenvalue weighted by Gasteiger charge is -2.25. The van der Waals surface area contributed by atoms with Crippen molar-refractivity contribution in [3.05, 3.63) is 42.0 Å². The van der Waals surface area contributed by atoms with Crippen molar-refractivity contribution in [2.75, 3.05) is 7.11 Å². The van der Waals surface area contributed by atoms with Gasteiger partial charge in [-0.25, -0.2) is 0 Å². The van der Waals surface area contributed by atoms with E-state index in [9.17, 15) is 4.79 Å². The molecule has 0 spiro atoms. The first kappa shape index (κ1) is 13.0. The Labute approximate surface area is 109 Å². The molecule has 1 fully saturated rings. The zero-order valence-corrected chi connectivity index (χ0v) is 10.8. The first-order valence-electron chi connectivity index (χ1n) is 6.60. The van der Waals surface area contributed by atoms with Gasteiger partial charge in [0.25, 0.3) is 0 Å². The van der Waals surface area contributed by atoms with Gasteiger partial charge in [0.05, 0.1) is 6.10 Å². The van der Waals surface area contributed by atoms with Crippen LogP contribution in [0.5, 0.6) is 0 Å². The highest BCUT2D eigenvalue weighted by Crippen LogP contribution is 2.26. The molecule has 96 valence electrons. The van der Waals surface area contributed by atoms with Crippen LogP contribution < -0.4 is 0 Å². The molecular weight excluding hydrogens is 224 g/mol. The summed E-state index contributed by atoms with van der Waals surface area (Å²) >= 11 is 0. The molecule has 0 bridgehead atoms. The summed E-state index contributed by atoms with van der Waals surface area (Å²) in [5.74, 6) is 0.398. The van der Waals surface area contributed by atoms with Crippen LogP contribution in [0, 0.1) is 5.92 Å². The van der Waals surface area contributed by atoms with E-state index in [-0.39, 0.29) is 12.0 Å². The Hall–Kier alpha value is -1.41. The van der Waals surface area contributed by atoms with Crippen molar-refractivity contribution in [3.63, 3.8) is 0 Å². The number of hydrogen-bond donors (Lipinski definition) is 0. The highest BCUT2D eigenvalue weighted by molar-refractivity contribution is 5.82. The minimum atomic E-state index is -0.0852. The van der Waals surface area contributed by atoms with Crippen molar-refractivity contribution in [2.24, 2.45) is 5.92 Å². The standard InChI is InChI=1S/C16H20O2/c1-18-16(14-9-5-6-10-15(14)17)12-11-13-7-3-2-4-8-13/h2-4,7-8,11-12,14,16H,5-6,9-10H2,1H3/b12-11+. The molecule has 0 saturated heterocycles. The van der Waals surface area contributed by atoms with Crippen LogP contribution in [-0.4, -0.2) is 19.0 Å². The van der Waals surface area contributed by atoms with Crippen LogP contribution in [0.25, 0.3) is 6.08 Å². The maximum Gasteiger partial charge on any atom is 0.138 e. The van der Waals surface area contributed by atoms with Gasteiger partial charge < -0.3 is 4.74 Å². The van der Waals surface area contributed by atoms with Gasteiger partial charge in [-0.3, -0.25) is 4.79 Å². The van der Waals surface area contributed by atoms with Crippen molar-refractivity contribution in [2.45, 2.75) is 31.8 Å². The Morgan fingerprint density at radius 3 is 2.72 bits per heavy atom. The molecule has 1 aliphatic carbocycles. The van der Waals surface area contributed by atoms with Gasteiger partial charge in [-0.15, -0.1) is 0 Å². The summed E-state index contributed by atoms with van der Waals surface area (Å²) in [5.41, 5.74) is 1.14. The summed E-state index contributed by atoms with van der Waals surface area (Å²) in [6, 6.07) is 10.1. The molecule has 2 unspecified atom stereocenters. The fraction of sp³-hybridized carbons (Fsp3) is 0.438. The summed E-state index contributed by atoms with van der Waals surface area (Å²) in [6.07, 6.45) is 7.81. The average Bonchev–Trinajstić information content (AvgIpc) is 2.42. The first-order valence-corrected chi connectivity index (χ1v) is 6.60. The monoisotopic (exact) mass is 244 g/mol. The normalized spacial score (nSPS) is 22.3. The summed E-state index contributed by atoms with van der Waals surface area (Å²) in [7, 11) is 1.68. The zero-order chi connectivity index (χ0) is 12.8. The van der Waals surface area contributed by atoms with E-state index in [1.807, 2.05) is 42.5 Å². The van der Waals surface area contributed by atoms with Gasteiger partial charge in [-0.2, -0.15) is 0 Å². The molecule has 2 heteroatoms. The van der Waals surface area contributed by atoms with Crippen molar-refractivity contribution in [1.82, 2.24) is 0 Å². The van der Waals surface area contributed by atoms with Gasteiger partial charge in [0.1, 0.15) is 5.78 Å². The number of ether oxygens (including phenoxy) is 1. The van der Waals surface area contributed by atoms with Gasteiger partial charge in [0.15, 0.2) is 0 Å². The number of methoxy groups -OCH3 is 1. The van der Waals surface area contributed by atoms with Gasteiger partial charge in [0.2, 0.25) is 0 Å². The lowest BCUT2D eigenvalue weighted by molar-refractivity contribution is -0.128. The maximum atomic E-state index is 11.9. The molecule has 1 aromatic rings. The fourth-order valence-corrected chi connectivity index (χ4v) is 2.50. The third kappa shape index (κ3) is 3.30. The van der Waals surface area contributed by atoms with E-state index in [1.165, 1.54) is 0 Å². The Bertz CT molecular complexity index is 408. The van der Waals surface area contributed by atoms with E-state index in [1.54, 1.807) is 7.11 Å². The minimum Gasteiger partial charge on any atom is -0.377 e. The lowest BCUT2D eigenvalue weighted by Crippen LogP contribution is -2.30. The molecule has 1 aromatic carbocycles. The number of Topliss-reactive ketones (excluding diaryl/α,β-unsaturated/α-hetero) is 1. The first-order chi connectivity index (χ1) is 8.81. The highest BCUT2D eigenvalue weighted by atomic mass is 16.5. The molecule has 0 heterocycles. The topological polar surface area (TPSA) is 26.3 Å². The predicted molar refractivity (Wildman–Crippen MR) is 73.2 cm³/mol. The predicted octanol–water partition coefficient (Wildman–Crippen LogP) is 3.47. The van der Waals surface area contributed by atoms with Crippen molar-refractivity contribution in [3.8, 4) is 0 Å². The van der Waals surface area contributed by atoms with Crippen LogP contribution >= 0.6 is 0 Å². The Morgan fingerprint density at radius 1 is 1.28 bits per heavy atom. The number of carbonyl (C=O) groups is 1. The maximum absolute atomic E-state index is 11.9. The van der Waals surface area contributed by atoms with E-state index < -0.39 is 0 Å². The van der Waals surface area contributed by atoms with Crippen LogP contribution in [0.15, 0.2) is 36.4 Å². The number of rotatable bonds is 4. The molecule has 0 amide bonds. The van der Waals surface area contributed by atoms with Crippen LogP contribution in [-0.2, 0) is 9.53 Å². The largest absolute Gasteiger partial charge is 0.377 e. The van der Waals surface area contributed by atoms with E-state index >= 15 is 0 Å². The molecule has 0 aromatic heterocycles. The van der Waals surface area contributed by atoms with E-state index in [0.717, 1.165) is 24.8 Å². The van der Waals surface area contributed by atoms with Crippen molar-refractivity contribution in [1.29, 1.82) is 0 Å². The lowest BCUT2D eigenvalue weighted by atomic mass is 9.83. The molecule has 2 rings (SSSR count). The van der Waals surface area contributed by atoms with Crippen LogP contribution in [0.1, 0.15) is 31.2 Å². The highest BCUT2D eigenvalue weighted by Gasteiger charge is 2.28. The zero-order valence-electron chi connectivity index (χ0n) is 10.8. The molecule has 2 nitrogen and oxygen atoms in total. The van der Waals surface area contributed by atoms with Gasteiger partial charge in [-0.05, 0) is 18.4 Å². The summed E-state index contributed by atoms with van der Waals surface area (Å²) in [6.45, 7) is 0. The SMILES string of the molecule is COC(/C=C/c1ccccc1)C1CCCCC1=O. The smallest absolute Gasteiger partial charge is 0.138 e. The number of hydrogen-bond acceptors (Lipinski definition) is 2. The van der Waals surface area contributed by atoms with Gasteiger partial charge in [0, 0.05) is 19.4 Å². The molecule has 2 atom stereocenters. The van der Waals surface area contributed by atoms with Crippen LogP contribution in [0.3, 0.4) is 0 Å². The third-order valence-corrected chi connectivity index (χ3v) is 3.55. The van der Waals surface area contributed by atoms with E-state index in [2.05, 4.69) is 0 Å². The molecule has 1 saturated carbocycles. The number of carbonyl (C=O) groups excluding carboxylic acids is 1. The molecular formula is C16H20O2. The third-order valence-electron chi connectivity index (χ3n) is 3.55. The van der Waals surface area contributed by atoms with Crippen LogP contribution in [0.2, 0.25) is 0 Å². The second-order valence-electron chi connectivity index (χ2n) is 4.79. The second kappa shape index (κ2) is 6.50. The fourth-order valence-electron chi connectivity index (χ4n) is 2.50. The minimum absolute atomic E-state index is 0.0451. The van der Waals surface area contributed by atoms with Gasteiger partial charge >= 0.3 is 0 Å². The van der Waals surface area contributed by atoms with E-state index in [0.29, 0.717) is 12.2 Å². The van der Waals surface area contributed by atoms with E-state index in [4.69, 9.17) is 4.74 Å². The Kier molecular flexibility index (Phi) is 4.71. The van der Waals surface area contributed by atoms with Crippen LogP contribution in [0.4, 0.5) is 0 Å². The molecule has 0 aliphatic heterocycles. The average molecular weight is 244 g/mol. The quantitative estimate of drug-likeness (QED) is 0.810. The summed E-state index contributed by atoms with van der Waals surface area (Å²) in [4.78, 5) is 11.9. The molecule has 0 N–H and O–H groups in total.